The molecule has 0 aliphatic heterocycles. The first kappa shape index (κ1) is 9.69. The van der Waals surface area contributed by atoms with Gasteiger partial charge in [0.25, 0.3) is 0 Å². The number of rotatable bonds is 1. The third-order valence-electron chi connectivity index (χ3n) is 5.56. The van der Waals surface area contributed by atoms with E-state index >= 15 is 0 Å². The minimum Gasteiger partial charge on any atom is -0.0955 e. The largest absolute Gasteiger partial charge is 0.0955 e. The van der Waals surface area contributed by atoms with Gasteiger partial charge in [-0.2, -0.15) is 0 Å². The Labute approximate surface area is 93.5 Å². The Balaban J connectivity index is 1.98. The van der Waals surface area contributed by atoms with Gasteiger partial charge in [0, 0.05) is 0 Å². The smallest absolute Gasteiger partial charge is 0.00713 e. The van der Waals surface area contributed by atoms with Crippen LogP contribution in [0.5, 0.6) is 0 Å². The van der Waals surface area contributed by atoms with Crippen LogP contribution in [0.25, 0.3) is 0 Å². The van der Waals surface area contributed by atoms with E-state index in [1.807, 2.05) is 0 Å². The Morgan fingerprint density at radius 2 is 2.20 bits per heavy atom. The van der Waals surface area contributed by atoms with E-state index in [1.54, 1.807) is 0 Å². The lowest BCUT2D eigenvalue weighted by Crippen LogP contribution is -2.63. The van der Waals surface area contributed by atoms with Gasteiger partial charge in [0.15, 0.2) is 0 Å². The average molecular weight is 202 g/mol. The van der Waals surface area contributed by atoms with E-state index in [0.29, 0.717) is 5.41 Å². The molecule has 0 radical (unpaired) electrons. The van der Waals surface area contributed by atoms with Crippen LogP contribution in [-0.4, -0.2) is 0 Å². The number of hydrogen-bond donors (Lipinski definition) is 0. The third-order valence-corrected chi connectivity index (χ3v) is 5.56. The lowest BCUT2D eigenvalue weighted by molar-refractivity contribution is -0.156. The van der Waals surface area contributed by atoms with E-state index in [9.17, 15) is 0 Å². The van der Waals surface area contributed by atoms with Gasteiger partial charge in [0.1, 0.15) is 0 Å². The predicted molar refractivity (Wildman–Crippen MR) is 64.4 cm³/mol. The Kier molecular flexibility index (Phi) is 1.80. The van der Waals surface area contributed by atoms with Crippen molar-refractivity contribution in [3.63, 3.8) is 0 Å². The molecule has 0 heteroatoms. The van der Waals surface area contributed by atoms with E-state index in [4.69, 9.17) is 0 Å². The topological polar surface area (TPSA) is 0 Å². The third kappa shape index (κ3) is 0.984. The van der Waals surface area contributed by atoms with Gasteiger partial charge in [-0.15, -0.1) is 0 Å². The van der Waals surface area contributed by atoms with Gasteiger partial charge in [-0.1, -0.05) is 45.1 Å². The summed E-state index contributed by atoms with van der Waals surface area (Å²) < 4.78 is 0. The van der Waals surface area contributed by atoms with Gasteiger partial charge >= 0.3 is 0 Å². The van der Waals surface area contributed by atoms with Crippen LogP contribution in [0, 0.1) is 35.0 Å². The molecule has 5 atom stereocenters. The SMILES string of the molecule is C=C1C=CC2C3C(C(C)C)CCC2(C)C13. The zero-order valence-corrected chi connectivity index (χ0v) is 10.2. The van der Waals surface area contributed by atoms with Crippen LogP contribution >= 0.6 is 0 Å². The normalized spacial score (nSPS) is 51.9. The Morgan fingerprint density at radius 3 is 2.80 bits per heavy atom. The molecule has 0 heterocycles. The molecule has 82 valence electrons. The predicted octanol–water partition coefficient (Wildman–Crippen LogP) is 4.05. The quantitative estimate of drug-likeness (QED) is 0.602. The number of allylic oxidation sites excluding steroid dienone is 3. The van der Waals surface area contributed by atoms with Crippen molar-refractivity contribution in [1.82, 2.24) is 0 Å². The fourth-order valence-electron chi connectivity index (χ4n) is 4.81. The zero-order chi connectivity index (χ0) is 10.8. The second-order valence-electron chi connectivity index (χ2n) is 6.47. The van der Waals surface area contributed by atoms with Crippen molar-refractivity contribution in [3.05, 3.63) is 24.3 Å². The molecule has 4 rings (SSSR count). The molecule has 15 heavy (non-hydrogen) atoms. The van der Waals surface area contributed by atoms with Crippen molar-refractivity contribution in [2.75, 3.05) is 0 Å². The van der Waals surface area contributed by atoms with Crippen LogP contribution < -0.4 is 0 Å². The van der Waals surface area contributed by atoms with Crippen molar-refractivity contribution in [1.29, 1.82) is 0 Å². The first-order valence-corrected chi connectivity index (χ1v) is 6.42. The van der Waals surface area contributed by atoms with E-state index in [1.165, 1.54) is 18.4 Å². The van der Waals surface area contributed by atoms with Crippen LogP contribution in [-0.2, 0) is 0 Å². The standard InChI is InChI=1S/C15H22/c1-9(2)11-7-8-15(4)12-6-5-10(3)14(15)13(11)12/h5-6,9,11-14H,3,7-8H2,1-2,4H3. The van der Waals surface area contributed by atoms with Crippen molar-refractivity contribution >= 4 is 0 Å². The van der Waals surface area contributed by atoms with Crippen LogP contribution in [0.2, 0.25) is 0 Å². The summed E-state index contributed by atoms with van der Waals surface area (Å²) >= 11 is 0. The number of hydrogen-bond acceptors (Lipinski definition) is 0. The van der Waals surface area contributed by atoms with Crippen LogP contribution in [0.15, 0.2) is 24.3 Å². The van der Waals surface area contributed by atoms with Gasteiger partial charge < -0.3 is 0 Å². The first-order valence-electron chi connectivity index (χ1n) is 6.42. The van der Waals surface area contributed by atoms with E-state index in [2.05, 4.69) is 39.5 Å². The molecular formula is C15H22. The minimum absolute atomic E-state index is 0.585. The molecule has 0 amide bonds. The molecule has 4 aliphatic rings. The molecule has 0 saturated heterocycles. The van der Waals surface area contributed by atoms with Gasteiger partial charge in [0.2, 0.25) is 0 Å². The van der Waals surface area contributed by atoms with Crippen LogP contribution in [0.3, 0.4) is 0 Å². The summed E-state index contributed by atoms with van der Waals surface area (Å²) in [6, 6.07) is 0. The fourth-order valence-corrected chi connectivity index (χ4v) is 4.81. The van der Waals surface area contributed by atoms with Crippen molar-refractivity contribution < 1.29 is 0 Å². The fraction of sp³-hybridized carbons (Fsp3) is 0.733. The van der Waals surface area contributed by atoms with E-state index in [0.717, 1.165) is 29.6 Å². The molecule has 0 N–H and O–H groups in total. The highest BCUT2D eigenvalue weighted by molar-refractivity contribution is 5.37. The molecule has 2 saturated carbocycles. The molecule has 2 fully saturated rings. The van der Waals surface area contributed by atoms with Gasteiger partial charge in [-0.3, -0.25) is 0 Å². The Hall–Kier alpha value is -0.520. The second kappa shape index (κ2) is 2.78. The molecule has 4 aliphatic carbocycles. The summed E-state index contributed by atoms with van der Waals surface area (Å²) in [5, 5.41) is 0. The molecule has 0 aromatic carbocycles. The highest BCUT2D eigenvalue weighted by Gasteiger charge is 2.64. The molecule has 4 bridgehead atoms. The first-order chi connectivity index (χ1) is 7.05. The molecule has 5 unspecified atom stereocenters. The maximum atomic E-state index is 4.27. The number of fused-ring (bicyclic) bond motifs is 1. The molecular weight excluding hydrogens is 180 g/mol. The summed E-state index contributed by atoms with van der Waals surface area (Å²) in [6.07, 6.45) is 7.62. The lowest BCUT2D eigenvalue weighted by Gasteiger charge is -2.69. The average Bonchev–Trinajstić information content (AvgIpc) is 2.17. The Morgan fingerprint density at radius 1 is 1.47 bits per heavy atom. The van der Waals surface area contributed by atoms with Crippen molar-refractivity contribution in [2.45, 2.75) is 33.6 Å². The Bertz CT molecular complexity index is 336. The summed E-state index contributed by atoms with van der Waals surface area (Å²) in [7, 11) is 0. The van der Waals surface area contributed by atoms with Gasteiger partial charge in [-0.05, 0) is 47.8 Å². The molecule has 0 spiro atoms. The zero-order valence-electron chi connectivity index (χ0n) is 10.2. The van der Waals surface area contributed by atoms with Crippen molar-refractivity contribution in [3.8, 4) is 0 Å². The van der Waals surface area contributed by atoms with Crippen LogP contribution in [0.1, 0.15) is 33.6 Å². The van der Waals surface area contributed by atoms with E-state index in [-0.39, 0.29) is 0 Å². The minimum atomic E-state index is 0.585. The summed E-state index contributed by atoms with van der Waals surface area (Å²) in [5.41, 5.74) is 2.00. The highest BCUT2D eigenvalue weighted by Crippen LogP contribution is 2.71. The van der Waals surface area contributed by atoms with Gasteiger partial charge in [0.05, 0.1) is 0 Å². The second-order valence-corrected chi connectivity index (χ2v) is 6.47. The van der Waals surface area contributed by atoms with Crippen LogP contribution in [0.4, 0.5) is 0 Å². The van der Waals surface area contributed by atoms with Crippen molar-refractivity contribution in [2.24, 2.45) is 35.0 Å². The van der Waals surface area contributed by atoms with E-state index < -0.39 is 0 Å². The monoisotopic (exact) mass is 202 g/mol. The highest BCUT2D eigenvalue weighted by atomic mass is 14.7. The maximum Gasteiger partial charge on any atom is -0.00713 e. The van der Waals surface area contributed by atoms with Gasteiger partial charge in [-0.25, -0.2) is 0 Å². The molecule has 0 aromatic heterocycles. The molecule has 0 aromatic rings. The summed E-state index contributed by atoms with van der Waals surface area (Å²) in [6.45, 7) is 11.6. The molecule has 0 nitrogen and oxygen atoms in total. The maximum absolute atomic E-state index is 4.27. The summed E-state index contributed by atoms with van der Waals surface area (Å²) in [4.78, 5) is 0. The summed E-state index contributed by atoms with van der Waals surface area (Å²) in [5.74, 6) is 4.41. The lowest BCUT2D eigenvalue weighted by atomic mass is 9.35.